The van der Waals surface area contributed by atoms with Gasteiger partial charge in [-0.1, -0.05) is 11.6 Å². The average Bonchev–Trinajstić information content (AvgIpc) is 2.64. The van der Waals surface area contributed by atoms with E-state index in [0.717, 1.165) is 0 Å². The number of rotatable bonds is 2. The number of carbonyl (C=O) groups excluding carboxylic acids is 1. The van der Waals surface area contributed by atoms with Crippen LogP contribution in [-0.2, 0) is 4.74 Å². The van der Waals surface area contributed by atoms with E-state index in [2.05, 4.69) is 0 Å². The van der Waals surface area contributed by atoms with Crippen LogP contribution in [0.2, 0.25) is 5.02 Å². The molecule has 15 heavy (non-hydrogen) atoms. The number of halogens is 1. The highest BCUT2D eigenvalue weighted by Gasteiger charge is 2.37. The third kappa shape index (κ3) is 2.08. The summed E-state index contributed by atoms with van der Waals surface area (Å²) in [4.78, 5) is 12.7. The number of hydrogen-bond acceptors (Lipinski definition) is 4. The monoisotopic (exact) mass is 245 g/mol. The zero-order chi connectivity index (χ0) is 10.9. The molecule has 1 aliphatic rings. The molecule has 1 aromatic rings. The van der Waals surface area contributed by atoms with Crippen LogP contribution in [0.15, 0.2) is 11.4 Å². The molecule has 1 aromatic heterocycles. The first-order valence-electron chi connectivity index (χ1n) is 4.78. The van der Waals surface area contributed by atoms with Crippen LogP contribution in [-0.4, -0.2) is 24.5 Å². The van der Waals surface area contributed by atoms with Gasteiger partial charge < -0.3 is 10.5 Å². The van der Waals surface area contributed by atoms with Crippen molar-refractivity contribution in [2.24, 2.45) is 5.73 Å². The van der Waals surface area contributed by atoms with Gasteiger partial charge in [0.15, 0.2) is 5.78 Å². The maximum atomic E-state index is 12.1. The number of nitrogens with two attached hydrogens (primary N) is 1. The maximum Gasteiger partial charge on any atom is 0.194 e. The summed E-state index contributed by atoms with van der Waals surface area (Å²) in [6, 6.07) is 1.72. The maximum absolute atomic E-state index is 12.1. The summed E-state index contributed by atoms with van der Waals surface area (Å²) in [5, 5.41) is 2.31. The van der Waals surface area contributed by atoms with Gasteiger partial charge >= 0.3 is 0 Å². The molecule has 0 amide bonds. The van der Waals surface area contributed by atoms with Crippen LogP contribution < -0.4 is 5.73 Å². The van der Waals surface area contributed by atoms with Crippen molar-refractivity contribution >= 4 is 28.7 Å². The molecule has 2 heterocycles. The molecular weight excluding hydrogens is 234 g/mol. The van der Waals surface area contributed by atoms with E-state index < -0.39 is 5.54 Å². The highest BCUT2D eigenvalue weighted by atomic mass is 35.5. The zero-order valence-corrected chi connectivity index (χ0v) is 9.74. The van der Waals surface area contributed by atoms with Gasteiger partial charge in [-0.15, -0.1) is 11.3 Å². The second-order valence-electron chi connectivity index (χ2n) is 3.70. The van der Waals surface area contributed by atoms with Crippen molar-refractivity contribution in [3.05, 3.63) is 21.3 Å². The predicted octanol–water partition coefficient (Wildman–Crippen LogP) is 2.09. The topological polar surface area (TPSA) is 52.3 Å². The quantitative estimate of drug-likeness (QED) is 0.812. The van der Waals surface area contributed by atoms with E-state index >= 15 is 0 Å². The number of hydrogen-bond donors (Lipinski definition) is 1. The Labute approximate surface area is 97.2 Å². The summed E-state index contributed by atoms with van der Waals surface area (Å²) in [5.41, 5.74) is 5.30. The van der Waals surface area contributed by atoms with Gasteiger partial charge in [-0.25, -0.2) is 0 Å². The van der Waals surface area contributed by atoms with Crippen molar-refractivity contribution in [2.75, 3.05) is 13.2 Å². The summed E-state index contributed by atoms with van der Waals surface area (Å²) in [7, 11) is 0. The molecule has 1 fully saturated rings. The predicted molar refractivity (Wildman–Crippen MR) is 60.6 cm³/mol. The van der Waals surface area contributed by atoms with E-state index in [1.807, 2.05) is 0 Å². The van der Waals surface area contributed by atoms with Crippen molar-refractivity contribution in [1.29, 1.82) is 0 Å². The van der Waals surface area contributed by atoms with E-state index in [1.54, 1.807) is 11.4 Å². The lowest BCUT2D eigenvalue weighted by Gasteiger charge is -2.31. The molecule has 1 saturated heterocycles. The molecule has 1 aliphatic heterocycles. The zero-order valence-electron chi connectivity index (χ0n) is 8.16. The highest BCUT2D eigenvalue weighted by Crippen LogP contribution is 2.29. The third-order valence-corrected chi connectivity index (χ3v) is 4.00. The molecular formula is C10H12ClNO2S. The van der Waals surface area contributed by atoms with E-state index in [0.29, 0.717) is 36.0 Å². The van der Waals surface area contributed by atoms with Crippen LogP contribution in [0.5, 0.6) is 0 Å². The van der Waals surface area contributed by atoms with Gasteiger partial charge in [0.05, 0.1) is 15.4 Å². The Morgan fingerprint density at radius 1 is 1.53 bits per heavy atom. The molecule has 2 N–H and O–H groups in total. The summed E-state index contributed by atoms with van der Waals surface area (Å²) in [6.45, 7) is 1.09. The molecule has 0 spiro atoms. The highest BCUT2D eigenvalue weighted by molar-refractivity contribution is 7.12. The fourth-order valence-corrected chi connectivity index (χ4v) is 2.83. The van der Waals surface area contributed by atoms with Crippen LogP contribution >= 0.6 is 22.9 Å². The summed E-state index contributed by atoms with van der Waals surface area (Å²) >= 11 is 7.27. The minimum Gasteiger partial charge on any atom is -0.381 e. The van der Waals surface area contributed by atoms with E-state index in [9.17, 15) is 4.79 Å². The number of Topliss-reactive ketones (excluding diaryl/α,β-unsaturated/α-hetero) is 1. The molecule has 0 radical (unpaired) electrons. The molecule has 3 nitrogen and oxygen atoms in total. The van der Waals surface area contributed by atoms with Crippen LogP contribution in [0.4, 0.5) is 0 Å². The fourth-order valence-electron chi connectivity index (χ4n) is 1.64. The van der Waals surface area contributed by atoms with Crippen molar-refractivity contribution in [1.82, 2.24) is 0 Å². The van der Waals surface area contributed by atoms with Gasteiger partial charge in [-0.05, 0) is 24.3 Å². The first kappa shape index (κ1) is 11.1. The fraction of sp³-hybridized carbons (Fsp3) is 0.500. The Bertz CT molecular complexity index is 371. The lowest BCUT2D eigenvalue weighted by atomic mass is 9.86. The largest absolute Gasteiger partial charge is 0.381 e. The Morgan fingerprint density at radius 3 is 2.73 bits per heavy atom. The molecule has 5 heteroatoms. The van der Waals surface area contributed by atoms with Crippen molar-refractivity contribution in [3.8, 4) is 0 Å². The summed E-state index contributed by atoms with van der Waals surface area (Å²) in [5.74, 6) is -0.0502. The molecule has 0 atom stereocenters. The number of ketones is 1. The standard InChI is InChI=1S/C10H12ClNO2S/c11-7-1-6-15-8(7)9(13)10(12)2-4-14-5-3-10/h1,6H,2-5,12H2. The molecule has 2 rings (SSSR count). The number of thiophene rings is 1. The van der Waals surface area contributed by atoms with Gasteiger partial charge in [0, 0.05) is 13.2 Å². The Balaban J connectivity index is 2.23. The molecule has 82 valence electrons. The first-order valence-corrected chi connectivity index (χ1v) is 6.04. The summed E-state index contributed by atoms with van der Waals surface area (Å²) < 4.78 is 5.20. The summed E-state index contributed by atoms with van der Waals surface area (Å²) in [6.07, 6.45) is 1.14. The minimum absolute atomic E-state index is 0.0502. The first-order chi connectivity index (χ1) is 7.13. The Morgan fingerprint density at radius 2 is 2.20 bits per heavy atom. The van der Waals surface area contributed by atoms with Gasteiger partial charge in [-0.2, -0.15) is 0 Å². The second kappa shape index (κ2) is 4.22. The number of ether oxygens (including phenoxy) is 1. The second-order valence-corrected chi connectivity index (χ2v) is 5.02. The SMILES string of the molecule is NC1(C(=O)c2sccc2Cl)CCOCC1. The molecule has 0 bridgehead atoms. The minimum atomic E-state index is -0.785. The van der Waals surface area contributed by atoms with Crippen LogP contribution in [0.1, 0.15) is 22.5 Å². The molecule has 0 saturated carbocycles. The van der Waals surface area contributed by atoms with Gasteiger partial charge in [0.1, 0.15) is 0 Å². The smallest absolute Gasteiger partial charge is 0.194 e. The van der Waals surface area contributed by atoms with E-state index in [1.165, 1.54) is 11.3 Å². The van der Waals surface area contributed by atoms with Gasteiger partial charge in [0.25, 0.3) is 0 Å². The Hall–Kier alpha value is -0.420. The Kier molecular flexibility index (Phi) is 3.11. The molecule has 0 aromatic carbocycles. The average molecular weight is 246 g/mol. The third-order valence-electron chi connectivity index (χ3n) is 2.66. The van der Waals surface area contributed by atoms with Crippen LogP contribution in [0.25, 0.3) is 0 Å². The number of carbonyl (C=O) groups is 1. The van der Waals surface area contributed by atoms with Crippen molar-refractivity contribution in [2.45, 2.75) is 18.4 Å². The van der Waals surface area contributed by atoms with Crippen LogP contribution in [0, 0.1) is 0 Å². The van der Waals surface area contributed by atoms with Crippen LogP contribution in [0.3, 0.4) is 0 Å². The van der Waals surface area contributed by atoms with E-state index in [-0.39, 0.29) is 5.78 Å². The van der Waals surface area contributed by atoms with Crippen molar-refractivity contribution in [3.63, 3.8) is 0 Å². The lowest BCUT2D eigenvalue weighted by Crippen LogP contribution is -2.51. The van der Waals surface area contributed by atoms with E-state index in [4.69, 9.17) is 22.1 Å². The van der Waals surface area contributed by atoms with Gasteiger partial charge in [0.2, 0.25) is 0 Å². The van der Waals surface area contributed by atoms with Gasteiger partial charge in [-0.3, -0.25) is 4.79 Å². The normalized spacial score (nSPS) is 20.1. The lowest BCUT2D eigenvalue weighted by molar-refractivity contribution is 0.0450. The van der Waals surface area contributed by atoms with Crippen molar-refractivity contribution < 1.29 is 9.53 Å². The molecule has 0 aliphatic carbocycles. The molecule has 0 unspecified atom stereocenters.